The molecule has 0 radical (unpaired) electrons. The maximum atomic E-state index is 12.0. The van der Waals surface area contributed by atoms with E-state index in [-0.39, 0.29) is 18.2 Å². The first kappa shape index (κ1) is 19.2. The van der Waals surface area contributed by atoms with E-state index >= 15 is 0 Å². The van der Waals surface area contributed by atoms with Crippen molar-refractivity contribution in [1.82, 2.24) is 15.1 Å². The summed E-state index contributed by atoms with van der Waals surface area (Å²) < 4.78 is 5.34. The monoisotopic (exact) mass is 314 g/mol. The summed E-state index contributed by atoms with van der Waals surface area (Å²) in [4.78, 5) is 16.6. The van der Waals surface area contributed by atoms with Crippen LogP contribution in [0.4, 0.5) is 4.79 Å². The highest BCUT2D eigenvalue weighted by molar-refractivity contribution is 5.68. The minimum absolute atomic E-state index is 0.0392. The van der Waals surface area contributed by atoms with Crippen molar-refractivity contribution in [2.75, 3.05) is 33.7 Å². The lowest BCUT2D eigenvalue weighted by Gasteiger charge is -2.37. The molecule has 1 rings (SSSR count). The quantitative estimate of drug-likeness (QED) is 0.772. The molecule has 22 heavy (non-hydrogen) atoms. The largest absolute Gasteiger partial charge is 0.444 e. The molecule has 0 aliphatic carbocycles. The standard InChI is InChI=1S/C16H34N4O2/c1-12(18-15(21)22-16(2,3)4)14(10-17)20-9-7-8-13(20)11-19(5)6/h12-14H,7-11,17H2,1-6H3,(H,18,21). The third-order valence-corrected chi connectivity index (χ3v) is 3.99. The average molecular weight is 314 g/mol. The Bertz CT molecular complexity index is 355. The van der Waals surface area contributed by atoms with Gasteiger partial charge in [0.15, 0.2) is 0 Å². The van der Waals surface area contributed by atoms with Crippen molar-refractivity contribution in [2.24, 2.45) is 5.73 Å². The van der Waals surface area contributed by atoms with E-state index in [0.29, 0.717) is 12.6 Å². The molecule has 0 aromatic rings. The lowest BCUT2D eigenvalue weighted by atomic mass is 10.1. The number of ether oxygens (including phenoxy) is 1. The van der Waals surface area contributed by atoms with Crippen molar-refractivity contribution >= 4 is 6.09 Å². The van der Waals surface area contributed by atoms with Gasteiger partial charge in [-0.2, -0.15) is 0 Å². The highest BCUT2D eigenvalue weighted by Crippen LogP contribution is 2.22. The summed E-state index contributed by atoms with van der Waals surface area (Å²) in [5.74, 6) is 0. The average Bonchev–Trinajstić information content (AvgIpc) is 2.74. The molecule has 0 spiro atoms. The predicted octanol–water partition coefficient (Wildman–Crippen LogP) is 1.25. The van der Waals surface area contributed by atoms with E-state index in [2.05, 4.69) is 29.2 Å². The van der Waals surface area contributed by atoms with Gasteiger partial charge in [-0.15, -0.1) is 0 Å². The predicted molar refractivity (Wildman–Crippen MR) is 90.0 cm³/mol. The van der Waals surface area contributed by atoms with E-state index in [9.17, 15) is 4.79 Å². The van der Waals surface area contributed by atoms with Crippen molar-refractivity contribution in [1.29, 1.82) is 0 Å². The molecule has 6 nitrogen and oxygen atoms in total. The van der Waals surface area contributed by atoms with Crippen LogP contribution in [0.2, 0.25) is 0 Å². The molecule has 1 fully saturated rings. The van der Waals surface area contributed by atoms with Crippen LogP contribution in [-0.4, -0.2) is 73.3 Å². The van der Waals surface area contributed by atoms with Gasteiger partial charge in [0.05, 0.1) is 0 Å². The fourth-order valence-corrected chi connectivity index (χ4v) is 3.13. The van der Waals surface area contributed by atoms with Gasteiger partial charge in [0.25, 0.3) is 0 Å². The first-order valence-corrected chi connectivity index (χ1v) is 8.24. The second-order valence-electron chi connectivity index (χ2n) is 7.53. The van der Waals surface area contributed by atoms with Crippen LogP contribution in [0, 0.1) is 0 Å². The van der Waals surface area contributed by atoms with Crippen LogP contribution < -0.4 is 11.1 Å². The summed E-state index contributed by atoms with van der Waals surface area (Å²) in [6.45, 7) is 10.2. The molecule has 3 N–H and O–H groups in total. The van der Waals surface area contributed by atoms with Gasteiger partial charge in [-0.25, -0.2) is 4.79 Å². The minimum Gasteiger partial charge on any atom is -0.444 e. The highest BCUT2D eigenvalue weighted by atomic mass is 16.6. The molecule has 0 aromatic heterocycles. The summed E-state index contributed by atoms with van der Waals surface area (Å²) in [6, 6.07) is 0.606. The maximum absolute atomic E-state index is 12.0. The van der Waals surface area contributed by atoms with Crippen molar-refractivity contribution in [3.8, 4) is 0 Å². The van der Waals surface area contributed by atoms with Crippen LogP contribution in [0.15, 0.2) is 0 Å². The first-order chi connectivity index (χ1) is 10.1. The summed E-state index contributed by atoms with van der Waals surface area (Å²) in [5.41, 5.74) is 5.52. The summed E-state index contributed by atoms with van der Waals surface area (Å²) in [6.07, 6.45) is 2.00. The number of nitrogens with one attached hydrogen (secondary N) is 1. The van der Waals surface area contributed by atoms with E-state index in [1.54, 1.807) is 0 Å². The molecule has 0 aromatic carbocycles. The van der Waals surface area contributed by atoms with Gasteiger partial charge in [-0.3, -0.25) is 4.90 Å². The SMILES string of the molecule is CC(NC(=O)OC(C)(C)C)C(CN)N1CCCC1CN(C)C. The smallest absolute Gasteiger partial charge is 0.407 e. The molecule has 1 aliphatic rings. The number of alkyl carbamates (subject to hydrolysis) is 1. The van der Waals surface area contributed by atoms with Gasteiger partial charge in [-0.1, -0.05) is 0 Å². The molecule has 1 saturated heterocycles. The molecular formula is C16H34N4O2. The van der Waals surface area contributed by atoms with Crippen LogP contribution in [0.5, 0.6) is 0 Å². The molecule has 0 saturated carbocycles. The molecule has 6 heteroatoms. The second kappa shape index (κ2) is 8.13. The number of rotatable bonds is 6. The van der Waals surface area contributed by atoms with Gasteiger partial charge >= 0.3 is 6.09 Å². The van der Waals surface area contributed by atoms with Gasteiger partial charge < -0.3 is 20.7 Å². The Kier molecular flexibility index (Phi) is 7.09. The molecule has 1 amide bonds. The minimum atomic E-state index is -0.483. The van der Waals surface area contributed by atoms with Crippen LogP contribution in [-0.2, 0) is 4.74 Å². The zero-order valence-electron chi connectivity index (χ0n) is 15.1. The summed E-state index contributed by atoms with van der Waals surface area (Å²) in [7, 11) is 4.19. The van der Waals surface area contributed by atoms with E-state index in [0.717, 1.165) is 13.1 Å². The van der Waals surface area contributed by atoms with Gasteiger partial charge in [0.1, 0.15) is 5.60 Å². The molecule has 1 aliphatic heterocycles. The van der Waals surface area contributed by atoms with E-state index in [1.165, 1.54) is 12.8 Å². The normalized spacial score (nSPS) is 22.6. The number of amides is 1. The number of nitrogens with two attached hydrogens (primary N) is 1. The van der Waals surface area contributed by atoms with Crippen molar-refractivity contribution in [3.63, 3.8) is 0 Å². The Morgan fingerprint density at radius 2 is 2.09 bits per heavy atom. The number of nitrogens with zero attached hydrogens (tertiary/aromatic N) is 2. The number of hydrogen-bond donors (Lipinski definition) is 2. The zero-order chi connectivity index (χ0) is 16.9. The molecule has 3 unspecified atom stereocenters. The van der Waals surface area contributed by atoms with E-state index in [1.807, 2.05) is 27.7 Å². The van der Waals surface area contributed by atoms with Gasteiger partial charge in [-0.05, 0) is 61.2 Å². The molecular weight excluding hydrogens is 280 g/mol. The summed E-state index contributed by atoms with van der Waals surface area (Å²) >= 11 is 0. The van der Waals surface area contributed by atoms with Crippen molar-refractivity contribution in [2.45, 2.75) is 64.3 Å². The van der Waals surface area contributed by atoms with Gasteiger partial charge in [0, 0.05) is 31.2 Å². The number of likely N-dealkylation sites (N-methyl/N-ethyl adjacent to an activating group) is 1. The topological polar surface area (TPSA) is 70.8 Å². The summed E-state index contributed by atoms with van der Waals surface area (Å²) in [5, 5.41) is 2.94. The zero-order valence-corrected chi connectivity index (χ0v) is 15.1. The van der Waals surface area contributed by atoms with Crippen LogP contribution in [0.3, 0.4) is 0 Å². The Morgan fingerprint density at radius 3 is 2.59 bits per heavy atom. The number of carbonyl (C=O) groups excluding carboxylic acids is 1. The number of hydrogen-bond acceptors (Lipinski definition) is 5. The molecule has 3 atom stereocenters. The third kappa shape index (κ3) is 6.10. The lowest BCUT2D eigenvalue weighted by molar-refractivity contribution is 0.0458. The van der Waals surface area contributed by atoms with Crippen LogP contribution in [0.1, 0.15) is 40.5 Å². The Morgan fingerprint density at radius 1 is 1.45 bits per heavy atom. The molecule has 1 heterocycles. The van der Waals surface area contributed by atoms with Crippen molar-refractivity contribution < 1.29 is 9.53 Å². The number of likely N-dealkylation sites (tertiary alicyclic amines) is 1. The van der Waals surface area contributed by atoms with Crippen LogP contribution >= 0.6 is 0 Å². The fourth-order valence-electron chi connectivity index (χ4n) is 3.13. The van der Waals surface area contributed by atoms with E-state index in [4.69, 9.17) is 10.5 Å². The fraction of sp³-hybridized carbons (Fsp3) is 0.938. The Labute approximate surface area is 135 Å². The van der Waals surface area contributed by atoms with E-state index < -0.39 is 5.60 Å². The molecule has 130 valence electrons. The van der Waals surface area contributed by atoms with Crippen molar-refractivity contribution in [3.05, 3.63) is 0 Å². The maximum Gasteiger partial charge on any atom is 0.407 e. The Hall–Kier alpha value is -0.850. The van der Waals surface area contributed by atoms with Crippen LogP contribution in [0.25, 0.3) is 0 Å². The molecule has 0 bridgehead atoms. The lowest BCUT2D eigenvalue weighted by Crippen LogP contribution is -2.56. The third-order valence-electron chi connectivity index (χ3n) is 3.99. The highest BCUT2D eigenvalue weighted by Gasteiger charge is 2.34. The Balaban J connectivity index is 2.63. The first-order valence-electron chi connectivity index (χ1n) is 8.24. The second-order valence-corrected chi connectivity index (χ2v) is 7.53. The van der Waals surface area contributed by atoms with Gasteiger partial charge in [0.2, 0.25) is 0 Å². The number of carbonyl (C=O) groups is 1.